The highest BCUT2D eigenvalue weighted by Gasteiger charge is 2.33. The zero-order valence-electron chi connectivity index (χ0n) is 14.3. The van der Waals surface area contributed by atoms with Crippen LogP contribution in [0.1, 0.15) is 68.2 Å². The number of hydrogen-bond acceptors (Lipinski definition) is 0. The molecule has 21 heavy (non-hydrogen) atoms. The zero-order chi connectivity index (χ0) is 15.3. The first-order chi connectivity index (χ1) is 9.91. The Hall–Kier alpha value is -1.30. The third kappa shape index (κ3) is 2.20. The van der Waals surface area contributed by atoms with E-state index in [1.807, 2.05) is 0 Å². The summed E-state index contributed by atoms with van der Waals surface area (Å²) < 4.78 is 0. The van der Waals surface area contributed by atoms with E-state index >= 15 is 0 Å². The minimum Gasteiger partial charge on any atom is -0.0622 e. The molecule has 0 heterocycles. The van der Waals surface area contributed by atoms with Crippen molar-refractivity contribution in [3.05, 3.63) is 46.5 Å². The van der Waals surface area contributed by atoms with Gasteiger partial charge >= 0.3 is 0 Å². The lowest BCUT2D eigenvalue weighted by atomic mass is 9.66. The van der Waals surface area contributed by atoms with E-state index in [1.165, 1.54) is 22.9 Å². The second-order valence-corrected chi connectivity index (χ2v) is 7.63. The lowest BCUT2D eigenvalue weighted by Gasteiger charge is -2.38. The van der Waals surface area contributed by atoms with Gasteiger partial charge in [0.05, 0.1) is 0 Å². The third-order valence-corrected chi connectivity index (χ3v) is 5.56. The molecule has 0 amide bonds. The molecule has 0 saturated carbocycles. The molecule has 0 bridgehead atoms. The van der Waals surface area contributed by atoms with Gasteiger partial charge in [-0.3, -0.25) is 0 Å². The van der Waals surface area contributed by atoms with Crippen molar-refractivity contribution in [3.8, 4) is 0 Å². The van der Waals surface area contributed by atoms with Crippen LogP contribution in [-0.2, 0) is 0 Å². The molecule has 0 saturated heterocycles. The Kier molecular flexibility index (Phi) is 3.59. The highest BCUT2D eigenvalue weighted by Crippen LogP contribution is 2.50. The molecule has 112 valence electrons. The second kappa shape index (κ2) is 5.16. The van der Waals surface area contributed by atoms with Gasteiger partial charge in [0.2, 0.25) is 0 Å². The fourth-order valence-electron chi connectivity index (χ4n) is 4.36. The van der Waals surface area contributed by atoms with E-state index < -0.39 is 0 Å². The molecule has 0 fully saturated rings. The minimum atomic E-state index is 0.704. The maximum atomic E-state index is 2.39. The number of benzene rings is 2. The Bertz CT molecular complexity index is 621. The summed E-state index contributed by atoms with van der Waals surface area (Å²) in [5.41, 5.74) is 6.24. The number of rotatable bonds is 2. The van der Waals surface area contributed by atoms with Gasteiger partial charge in [0, 0.05) is 0 Å². The Morgan fingerprint density at radius 1 is 0.762 bits per heavy atom. The van der Waals surface area contributed by atoms with Crippen molar-refractivity contribution in [3.63, 3.8) is 0 Å². The predicted molar refractivity (Wildman–Crippen MR) is 93.2 cm³/mol. The van der Waals surface area contributed by atoms with Gasteiger partial charge in [-0.1, -0.05) is 52.0 Å². The smallest absolute Gasteiger partial charge is 0.0109 e. The topological polar surface area (TPSA) is 0 Å². The summed E-state index contributed by atoms with van der Waals surface area (Å²) in [6.07, 6.45) is 1.31. The Morgan fingerprint density at radius 2 is 1.19 bits per heavy atom. The first-order valence-corrected chi connectivity index (χ1v) is 8.44. The van der Waals surface area contributed by atoms with Crippen LogP contribution in [0.5, 0.6) is 0 Å². The van der Waals surface area contributed by atoms with Gasteiger partial charge < -0.3 is 0 Å². The van der Waals surface area contributed by atoms with Crippen LogP contribution in [0.15, 0.2) is 24.3 Å². The van der Waals surface area contributed by atoms with Crippen LogP contribution in [0.3, 0.4) is 0 Å². The summed E-state index contributed by atoms with van der Waals surface area (Å²) in [6, 6.07) is 9.28. The monoisotopic (exact) mass is 280 g/mol. The van der Waals surface area contributed by atoms with Gasteiger partial charge in [-0.15, -0.1) is 0 Å². The molecule has 0 aromatic heterocycles. The van der Waals surface area contributed by atoms with Crippen molar-refractivity contribution < 1.29 is 0 Å². The largest absolute Gasteiger partial charge is 0.0622 e. The van der Waals surface area contributed by atoms with E-state index in [0.29, 0.717) is 23.7 Å². The first-order valence-electron chi connectivity index (χ1n) is 8.44. The normalized spacial score (nSPS) is 21.5. The minimum absolute atomic E-state index is 0.704. The van der Waals surface area contributed by atoms with Crippen LogP contribution in [0.4, 0.5) is 0 Å². The second-order valence-electron chi connectivity index (χ2n) is 7.63. The molecule has 0 nitrogen and oxygen atoms in total. The van der Waals surface area contributed by atoms with Gasteiger partial charge in [0.1, 0.15) is 0 Å². The molecular weight excluding hydrogens is 252 g/mol. The van der Waals surface area contributed by atoms with E-state index in [1.54, 1.807) is 16.5 Å². The van der Waals surface area contributed by atoms with E-state index in [9.17, 15) is 0 Å². The van der Waals surface area contributed by atoms with Crippen LogP contribution in [0, 0.1) is 25.7 Å². The molecule has 2 atom stereocenters. The molecule has 0 aliphatic heterocycles. The van der Waals surface area contributed by atoms with E-state index in [-0.39, 0.29) is 0 Å². The van der Waals surface area contributed by atoms with Gasteiger partial charge in [0.25, 0.3) is 0 Å². The van der Waals surface area contributed by atoms with Gasteiger partial charge in [-0.25, -0.2) is 0 Å². The maximum absolute atomic E-state index is 2.39. The van der Waals surface area contributed by atoms with E-state index in [0.717, 1.165) is 0 Å². The van der Waals surface area contributed by atoms with Crippen LogP contribution in [-0.4, -0.2) is 0 Å². The Balaban J connectivity index is 2.42. The first kappa shape index (κ1) is 14.6. The quantitative estimate of drug-likeness (QED) is 0.602. The lowest BCUT2D eigenvalue weighted by molar-refractivity contribution is 0.366. The molecule has 1 aliphatic rings. The van der Waals surface area contributed by atoms with E-state index in [4.69, 9.17) is 0 Å². The number of aryl methyl sites for hydroxylation is 2. The van der Waals surface area contributed by atoms with Crippen molar-refractivity contribution in [2.75, 3.05) is 0 Å². The fourth-order valence-corrected chi connectivity index (χ4v) is 4.36. The summed E-state index contributed by atoms with van der Waals surface area (Å²) in [5, 5.41) is 3.02. The summed E-state index contributed by atoms with van der Waals surface area (Å²) in [5.74, 6) is 2.83. The molecule has 0 heteroatoms. The summed E-state index contributed by atoms with van der Waals surface area (Å²) in [4.78, 5) is 0. The molecular formula is C21H28. The van der Waals surface area contributed by atoms with Crippen LogP contribution < -0.4 is 0 Å². The van der Waals surface area contributed by atoms with Crippen molar-refractivity contribution in [1.29, 1.82) is 0 Å². The lowest BCUT2D eigenvalue weighted by Crippen LogP contribution is -2.22. The standard InChI is InChI=1S/C21H28/c1-12(2)17-11-18(13(3)4)20-15(6)8-10-16-9-7-14(5)19(17)21(16)20/h7-10,12-13,17-18H,11H2,1-6H3. The Labute approximate surface area is 129 Å². The van der Waals surface area contributed by atoms with Crippen LogP contribution in [0.25, 0.3) is 10.8 Å². The maximum Gasteiger partial charge on any atom is -0.0109 e. The van der Waals surface area contributed by atoms with Crippen molar-refractivity contribution in [2.24, 2.45) is 11.8 Å². The average Bonchev–Trinajstić information content (AvgIpc) is 2.43. The molecule has 1 aliphatic carbocycles. The van der Waals surface area contributed by atoms with Gasteiger partial charge in [-0.05, 0) is 77.0 Å². The van der Waals surface area contributed by atoms with Crippen molar-refractivity contribution >= 4 is 10.8 Å². The summed E-state index contributed by atoms with van der Waals surface area (Å²) in [6.45, 7) is 14.2. The third-order valence-electron chi connectivity index (χ3n) is 5.56. The van der Waals surface area contributed by atoms with E-state index in [2.05, 4.69) is 65.8 Å². The summed E-state index contributed by atoms with van der Waals surface area (Å²) >= 11 is 0. The average molecular weight is 280 g/mol. The van der Waals surface area contributed by atoms with Crippen molar-refractivity contribution in [2.45, 2.75) is 59.8 Å². The molecule has 0 N–H and O–H groups in total. The fraction of sp³-hybridized carbons (Fsp3) is 0.524. The van der Waals surface area contributed by atoms with Gasteiger partial charge in [-0.2, -0.15) is 0 Å². The number of hydrogen-bond donors (Lipinski definition) is 0. The highest BCUT2D eigenvalue weighted by molar-refractivity contribution is 5.92. The SMILES string of the molecule is Cc1ccc2ccc(C)c3c2c1C(C(C)C)CC3C(C)C. The van der Waals surface area contributed by atoms with Crippen molar-refractivity contribution in [1.82, 2.24) is 0 Å². The molecule has 0 spiro atoms. The molecule has 2 aromatic rings. The molecule has 2 aromatic carbocycles. The molecule has 3 rings (SSSR count). The van der Waals surface area contributed by atoms with Crippen LogP contribution in [0.2, 0.25) is 0 Å². The van der Waals surface area contributed by atoms with Gasteiger partial charge in [0.15, 0.2) is 0 Å². The molecule has 2 unspecified atom stereocenters. The predicted octanol–water partition coefficient (Wildman–Crippen LogP) is 6.34. The highest BCUT2D eigenvalue weighted by atomic mass is 14.4. The zero-order valence-corrected chi connectivity index (χ0v) is 14.3. The molecule has 0 radical (unpaired) electrons. The summed E-state index contributed by atoms with van der Waals surface area (Å²) in [7, 11) is 0. The Morgan fingerprint density at radius 3 is 1.57 bits per heavy atom. The van der Waals surface area contributed by atoms with Crippen LogP contribution >= 0.6 is 0 Å².